The Balaban J connectivity index is 0. The fourth-order valence-electron chi connectivity index (χ4n) is 1.12. The van der Waals surface area contributed by atoms with E-state index in [1.54, 1.807) is 0 Å². The molecule has 0 aromatic carbocycles. The first-order valence-electron chi connectivity index (χ1n) is 4.72. The third kappa shape index (κ3) is 13.1. The minimum Gasteiger partial charge on any atom is -0.759 e. The van der Waals surface area contributed by atoms with Gasteiger partial charge in [-0.3, -0.25) is 4.79 Å². The zero-order valence-electron chi connectivity index (χ0n) is 8.77. The van der Waals surface area contributed by atoms with Crippen molar-refractivity contribution in [3.8, 4) is 0 Å². The number of nitrogens with one attached hydrogen (secondary N) is 1. The van der Waals surface area contributed by atoms with Crippen LogP contribution in [0.4, 0.5) is 0 Å². The first-order chi connectivity index (χ1) is 5.81. The van der Waals surface area contributed by atoms with Crippen LogP contribution in [-0.2, 0) is 4.79 Å². The summed E-state index contributed by atoms with van der Waals surface area (Å²) in [6, 6.07) is 0. The zero-order valence-corrected chi connectivity index (χ0v) is 11.9. The molecule has 1 N–H and O–H groups in total. The molecule has 0 radical (unpaired) electrons. The molecule has 0 bridgehead atoms. The summed E-state index contributed by atoms with van der Waals surface area (Å²) >= 11 is 0. The van der Waals surface area contributed by atoms with E-state index in [4.69, 9.17) is 0 Å². The van der Waals surface area contributed by atoms with Crippen molar-refractivity contribution in [2.45, 2.75) is 51.9 Å². The quantitative estimate of drug-likeness (QED) is 0.346. The molecule has 0 spiro atoms. The molecule has 0 heterocycles. The number of amides is 1. The van der Waals surface area contributed by atoms with Crippen LogP contribution in [0.3, 0.4) is 0 Å². The summed E-state index contributed by atoms with van der Waals surface area (Å²) in [4.78, 5) is 10.5. The molecule has 72 valence electrons. The largest absolute Gasteiger partial charge is 1.00 e. The molecular formula is C9H18KNO2. The van der Waals surface area contributed by atoms with Crippen molar-refractivity contribution in [3.05, 3.63) is 5.21 Å². The molecule has 0 atom stereocenters. The molecule has 1 amide bonds. The van der Waals surface area contributed by atoms with Crippen molar-refractivity contribution >= 4 is 5.91 Å². The van der Waals surface area contributed by atoms with Crippen LogP contribution >= 0.6 is 0 Å². The number of carbonyl (C=O) groups is 1. The van der Waals surface area contributed by atoms with Crippen molar-refractivity contribution in [1.29, 1.82) is 0 Å². The van der Waals surface area contributed by atoms with E-state index in [0.717, 1.165) is 12.8 Å². The number of hydrogen-bond acceptors (Lipinski definition) is 2. The van der Waals surface area contributed by atoms with Gasteiger partial charge in [0.1, 0.15) is 0 Å². The molecule has 0 aliphatic heterocycles. The van der Waals surface area contributed by atoms with Crippen molar-refractivity contribution in [3.63, 3.8) is 0 Å². The van der Waals surface area contributed by atoms with Gasteiger partial charge in [-0.05, 0) is 6.42 Å². The van der Waals surface area contributed by atoms with E-state index < -0.39 is 0 Å². The second-order valence-electron chi connectivity index (χ2n) is 3.04. The normalized spacial score (nSPS) is 9.08. The van der Waals surface area contributed by atoms with E-state index in [2.05, 4.69) is 6.92 Å². The topological polar surface area (TPSA) is 52.2 Å². The molecule has 0 saturated heterocycles. The van der Waals surface area contributed by atoms with Crippen molar-refractivity contribution in [1.82, 2.24) is 5.48 Å². The van der Waals surface area contributed by atoms with Crippen LogP contribution in [0, 0.1) is 5.21 Å². The first-order valence-corrected chi connectivity index (χ1v) is 4.72. The van der Waals surface area contributed by atoms with Gasteiger partial charge in [-0.1, -0.05) is 39.0 Å². The summed E-state index contributed by atoms with van der Waals surface area (Å²) in [7, 11) is 0. The molecule has 0 saturated carbocycles. The van der Waals surface area contributed by atoms with Crippen molar-refractivity contribution in [2.75, 3.05) is 0 Å². The maximum Gasteiger partial charge on any atom is 1.00 e. The summed E-state index contributed by atoms with van der Waals surface area (Å²) in [5.74, 6) is -0.384. The number of hydrogen-bond donors (Lipinski definition) is 1. The summed E-state index contributed by atoms with van der Waals surface area (Å²) in [5.41, 5.74) is 1.38. The average Bonchev–Trinajstić information content (AvgIpc) is 2.10. The van der Waals surface area contributed by atoms with Crippen LogP contribution in [0.25, 0.3) is 0 Å². The van der Waals surface area contributed by atoms with Gasteiger partial charge in [0, 0.05) is 6.42 Å². The molecule has 4 heteroatoms. The smallest absolute Gasteiger partial charge is 0.759 e. The summed E-state index contributed by atoms with van der Waals surface area (Å²) in [6.45, 7) is 2.17. The standard InChI is InChI=1S/C9H18NO2.K/c1-2-3-4-5-6-7-8-9(11)10-12;/h2-8H2,1H3,(H-,10,11,12);/q-1;+1. The third-order valence-corrected chi connectivity index (χ3v) is 1.87. The molecule has 3 nitrogen and oxygen atoms in total. The Morgan fingerprint density at radius 1 is 1.15 bits per heavy atom. The fraction of sp³-hybridized carbons (Fsp3) is 0.889. The minimum absolute atomic E-state index is 0. The van der Waals surface area contributed by atoms with Gasteiger partial charge in [-0.25, -0.2) is 0 Å². The van der Waals surface area contributed by atoms with Gasteiger partial charge in [0.25, 0.3) is 0 Å². The molecule has 0 aliphatic rings. The van der Waals surface area contributed by atoms with Gasteiger partial charge in [-0.15, -0.1) is 0 Å². The van der Waals surface area contributed by atoms with E-state index in [1.807, 2.05) is 0 Å². The Hall–Kier alpha value is 1.07. The van der Waals surface area contributed by atoms with Crippen LogP contribution in [0.5, 0.6) is 0 Å². The van der Waals surface area contributed by atoms with Crippen LogP contribution in [0.2, 0.25) is 0 Å². The average molecular weight is 211 g/mol. The van der Waals surface area contributed by atoms with E-state index in [-0.39, 0.29) is 57.3 Å². The predicted molar refractivity (Wildman–Crippen MR) is 49.5 cm³/mol. The third-order valence-electron chi connectivity index (χ3n) is 1.87. The summed E-state index contributed by atoms with van der Waals surface area (Å²) < 4.78 is 0. The van der Waals surface area contributed by atoms with Crippen molar-refractivity contribution in [2.24, 2.45) is 0 Å². The number of unbranched alkanes of at least 4 members (excludes halogenated alkanes) is 5. The van der Waals surface area contributed by atoms with Crippen LogP contribution < -0.4 is 56.9 Å². The first kappa shape index (κ1) is 16.5. The van der Waals surface area contributed by atoms with Crippen LogP contribution in [0.1, 0.15) is 51.9 Å². The molecular weight excluding hydrogens is 193 g/mol. The maximum atomic E-state index is 10.5. The molecule has 0 aromatic rings. The van der Waals surface area contributed by atoms with E-state index in [0.29, 0.717) is 6.42 Å². The van der Waals surface area contributed by atoms with Gasteiger partial charge in [0.2, 0.25) is 5.91 Å². The fourth-order valence-corrected chi connectivity index (χ4v) is 1.12. The predicted octanol–water partition coefficient (Wildman–Crippen LogP) is -0.645. The Bertz CT molecular complexity index is 120. The van der Waals surface area contributed by atoms with E-state index >= 15 is 0 Å². The van der Waals surface area contributed by atoms with Gasteiger partial charge in [0.15, 0.2) is 0 Å². The maximum absolute atomic E-state index is 10.5. The molecule has 0 aromatic heterocycles. The Labute approximate surface area is 123 Å². The Morgan fingerprint density at radius 2 is 1.69 bits per heavy atom. The zero-order chi connectivity index (χ0) is 9.23. The second kappa shape index (κ2) is 13.1. The number of carbonyl (C=O) groups excluding carboxylic acids is 1. The molecule has 0 unspecified atom stereocenters. The molecule has 0 fully saturated rings. The van der Waals surface area contributed by atoms with Gasteiger partial charge in [0.05, 0.1) is 0 Å². The van der Waals surface area contributed by atoms with Gasteiger partial charge >= 0.3 is 51.4 Å². The van der Waals surface area contributed by atoms with E-state index in [1.165, 1.54) is 31.2 Å². The Morgan fingerprint density at radius 3 is 2.23 bits per heavy atom. The monoisotopic (exact) mass is 211 g/mol. The molecule has 0 rings (SSSR count). The van der Waals surface area contributed by atoms with Crippen LogP contribution in [0.15, 0.2) is 0 Å². The number of hydroxylamine groups is 1. The van der Waals surface area contributed by atoms with Crippen molar-refractivity contribution < 1.29 is 56.2 Å². The minimum atomic E-state index is -0.384. The van der Waals surface area contributed by atoms with Crippen LogP contribution in [-0.4, -0.2) is 5.91 Å². The summed E-state index contributed by atoms with van der Waals surface area (Å²) in [5, 5.41) is 9.80. The Kier molecular flexibility index (Phi) is 16.6. The molecule has 0 aliphatic carbocycles. The molecule has 13 heavy (non-hydrogen) atoms. The SMILES string of the molecule is CCCCCCCCC(=O)N[O-].[K+]. The second-order valence-corrected chi connectivity index (χ2v) is 3.04. The van der Waals surface area contributed by atoms with Gasteiger partial charge in [-0.2, -0.15) is 0 Å². The van der Waals surface area contributed by atoms with Gasteiger partial charge < -0.3 is 10.7 Å². The number of rotatable bonds is 7. The van der Waals surface area contributed by atoms with E-state index in [9.17, 15) is 10.0 Å². The summed E-state index contributed by atoms with van der Waals surface area (Å²) in [6.07, 6.45) is 7.23.